The Labute approximate surface area is 236 Å². The molecule has 2 aromatic rings. The van der Waals surface area contributed by atoms with E-state index >= 15 is 0 Å². The maximum Gasteiger partial charge on any atom is 0.326 e. The lowest BCUT2D eigenvalue weighted by Crippen LogP contribution is -2.63. The molecule has 1 saturated carbocycles. The lowest BCUT2D eigenvalue weighted by molar-refractivity contribution is -0.283. The highest BCUT2D eigenvalue weighted by Gasteiger charge is 2.46. The summed E-state index contributed by atoms with van der Waals surface area (Å²) in [5.41, 5.74) is 0.631. The topological polar surface area (TPSA) is 133 Å². The van der Waals surface area contributed by atoms with Crippen LogP contribution in [0.1, 0.15) is 42.9 Å². The number of imide groups is 1. The second-order valence-corrected chi connectivity index (χ2v) is 10.2. The van der Waals surface area contributed by atoms with Crippen LogP contribution < -0.4 is 16.0 Å². The Morgan fingerprint density at radius 1 is 1.17 bits per heavy atom. The zero-order valence-corrected chi connectivity index (χ0v) is 22.6. The summed E-state index contributed by atoms with van der Waals surface area (Å²) in [6, 6.07) is 11.6. The molecule has 0 spiro atoms. The number of urea groups is 2. The van der Waals surface area contributed by atoms with Gasteiger partial charge in [0.2, 0.25) is 0 Å². The van der Waals surface area contributed by atoms with Crippen LogP contribution in [0.25, 0.3) is 0 Å². The Balaban J connectivity index is 1.39. The summed E-state index contributed by atoms with van der Waals surface area (Å²) in [5, 5.41) is 18.5. The first-order valence-electron chi connectivity index (χ1n) is 13.5. The number of nitriles is 1. The van der Waals surface area contributed by atoms with Crippen LogP contribution in [0.15, 0.2) is 48.5 Å². The fourth-order valence-corrected chi connectivity index (χ4v) is 5.69. The molecule has 4 amide bonds. The number of nitrogens with one attached hydrogen (secondary N) is 3. The molecular weight excluding hydrogens is 536 g/mol. The maximum atomic E-state index is 14.2. The normalized spacial score (nSPS) is 26.1. The highest BCUT2D eigenvalue weighted by Crippen LogP contribution is 2.39. The van der Waals surface area contributed by atoms with Crippen LogP contribution in [0, 0.1) is 28.9 Å². The van der Waals surface area contributed by atoms with Gasteiger partial charge in [-0.05, 0) is 48.9 Å². The molecule has 1 aliphatic heterocycles. The predicted molar refractivity (Wildman–Crippen MR) is 143 cm³/mol. The number of benzene rings is 2. The highest BCUT2D eigenvalue weighted by atomic mass is 19.2. The molecule has 3 atom stereocenters. The van der Waals surface area contributed by atoms with Crippen molar-refractivity contribution in [1.29, 1.82) is 5.26 Å². The highest BCUT2D eigenvalue weighted by molar-refractivity contribution is 5.96. The second-order valence-electron chi connectivity index (χ2n) is 10.2. The number of halogens is 2. The van der Waals surface area contributed by atoms with Gasteiger partial charge in [-0.3, -0.25) is 0 Å². The fraction of sp³-hybridized carbons (Fsp3) is 0.448. The van der Waals surface area contributed by atoms with E-state index in [0.29, 0.717) is 25.7 Å². The summed E-state index contributed by atoms with van der Waals surface area (Å²) in [4.78, 5) is 48.5. The van der Waals surface area contributed by atoms with Gasteiger partial charge < -0.3 is 20.7 Å². The average Bonchev–Trinajstić information content (AvgIpc) is 3.00. The third-order valence-electron chi connectivity index (χ3n) is 7.90. The molecule has 3 unspecified atom stereocenters. The fourth-order valence-electron chi connectivity index (χ4n) is 5.69. The molecule has 0 aromatic heterocycles. The van der Waals surface area contributed by atoms with Gasteiger partial charge in [-0.2, -0.15) is 5.26 Å². The van der Waals surface area contributed by atoms with Gasteiger partial charge >= 0.3 is 12.1 Å². The number of carbonyl (C=O) groups is 3. The van der Waals surface area contributed by atoms with E-state index in [1.807, 2.05) is 30.3 Å². The first kappa shape index (κ1) is 30.0. The van der Waals surface area contributed by atoms with E-state index in [4.69, 9.17) is 4.89 Å². The van der Waals surface area contributed by atoms with Crippen LogP contribution in [0.3, 0.4) is 0 Å². The van der Waals surface area contributed by atoms with Crippen molar-refractivity contribution in [3.05, 3.63) is 71.3 Å². The molecule has 12 heteroatoms. The van der Waals surface area contributed by atoms with E-state index in [-0.39, 0.29) is 24.8 Å². The molecule has 4 rings (SSSR count). The number of hydrogen-bond acceptors (Lipinski definition) is 7. The summed E-state index contributed by atoms with van der Waals surface area (Å²) in [6.07, 6.45) is 3.50. The first-order valence-corrected chi connectivity index (χ1v) is 13.5. The lowest BCUT2D eigenvalue weighted by atomic mass is 9.69. The van der Waals surface area contributed by atoms with Crippen molar-refractivity contribution in [3.63, 3.8) is 0 Å². The quantitative estimate of drug-likeness (QED) is 0.173. The van der Waals surface area contributed by atoms with Crippen LogP contribution in [0.5, 0.6) is 0 Å². The molecule has 1 heterocycles. The molecule has 218 valence electrons. The van der Waals surface area contributed by atoms with Gasteiger partial charge in [-0.1, -0.05) is 36.4 Å². The van der Waals surface area contributed by atoms with Gasteiger partial charge in [0.1, 0.15) is 6.29 Å². The van der Waals surface area contributed by atoms with Crippen molar-refractivity contribution in [2.24, 2.45) is 5.92 Å². The van der Waals surface area contributed by atoms with E-state index in [2.05, 4.69) is 26.9 Å². The second kappa shape index (κ2) is 13.6. The van der Waals surface area contributed by atoms with Gasteiger partial charge in [-0.15, -0.1) is 0 Å². The summed E-state index contributed by atoms with van der Waals surface area (Å²) in [7, 11) is 1.26. The molecule has 41 heavy (non-hydrogen) atoms. The molecular formula is C29H33F2N5O5. The minimum Gasteiger partial charge on any atom is -0.336 e. The summed E-state index contributed by atoms with van der Waals surface area (Å²) >= 11 is 0. The molecule has 1 saturated heterocycles. The molecule has 0 radical (unpaired) electrons. The molecule has 3 N–H and O–H groups in total. The van der Waals surface area contributed by atoms with Crippen LogP contribution in [-0.4, -0.2) is 62.1 Å². The Kier molecular flexibility index (Phi) is 9.99. The number of carbonyl (C=O) groups excluding carboxylic acids is 3. The summed E-state index contributed by atoms with van der Waals surface area (Å²) < 4.78 is 27.8. The van der Waals surface area contributed by atoms with Crippen molar-refractivity contribution in [1.82, 2.24) is 20.9 Å². The van der Waals surface area contributed by atoms with Crippen LogP contribution >= 0.6 is 0 Å². The van der Waals surface area contributed by atoms with E-state index in [0.717, 1.165) is 35.4 Å². The molecule has 1 aliphatic carbocycles. The van der Waals surface area contributed by atoms with Gasteiger partial charge in [0.25, 0.3) is 0 Å². The third-order valence-corrected chi connectivity index (χ3v) is 7.90. The zero-order valence-electron chi connectivity index (χ0n) is 22.6. The van der Waals surface area contributed by atoms with E-state index in [9.17, 15) is 28.4 Å². The number of hydrogen-bond donors (Lipinski definition) is 3. The minimum atomic E-state index is -1.16. The molecule has 0 bridgehead atoms. The largest absolute Gasteiger partial charge is 0.336 e. The van der Waals surface area contributed by atoms with Gasteiger partial charge in [0.15, 0.2) is 11.6 Å². The monoisotopic (exact) mass is 569 g/mol. The van der Waals surface area contributed by atoms with E-state index in [1.165, 1.54) is 13.2 Å². The summed E-state index contributed by atoms with van der Waals surface area (Å²) in [5.74, 6) is -3.11. The van der Waals surface area contributed by atoms with Crippen molar-refractivity contribution >= 4 is 18.3 Å². The Hall–Kier alpha value is -3.92. The summed E-state index contributed by atoms with van der Waals surface area (Å²) in [6.45, 7) is 0.353. The Morgan fingerprint density at radius 3 is 2.54 bits per heavy atom. The van der Waals surface area contributed by atoms with Gasteiger partial charge in [0.05, 0.1) is 37.3 Å². The number of rotatable bonds is 10. The zero-order chi connectivity index (χ0) is 29.4. The van der Waals surface area contributed by atoms with Crippen molar-refractivity contribution in [3.8, 4) is 6.07 Å². The van der Waals surface area contributed by atoms with Crippen LogP contribution in [-0.2, 0) is 20.0 Å². The molecule has 10 nitrogen and oxygen atoms in total. The van der Waals surface area contributed by atoms with Gasteiger partial charge in [-0.25, -0.2) is 33.0 Å². The minimum absolute atomic E-state index is 0.116. The standard InChI is InChI=1S/C29H33F2N5O5/c1-40-41-17-22-25(16-37)35-28(39)36(26(22)19-7-8-23(30)24(31)15-19)27(38)34-14-13-33-21-9-11-29(18-32,12-10-21)20-5-3-2-4-6-20/h2-8,15-16,21-22,25-26,33H,9-14,17H2,1H3,(H,34,38)(H,35,39). The van der Waals surface area contributed by atoms with Crippen molar-refractivity contribution in [2.45, 2.75) is 49.2 Å². The van der Waals surface area contributed by atoms with Crippen molar-refractivity contribution in [2.75, 3.05) is 26.8 Å². The number of aldehydes is 1. The molecule has 2 aliphatic rings. The third kappa shape index (κ3) is 6.70. The maximum absolute atomic E-state index is 14.2. The number of amides is 4. The number of nitrogens with zero attached hydrogens (tertiary/aromatic N) is 2. The molecule has 2 aromatic carbocycles. The molecule has 2 fully saturated rings. The Bertz CT molecular complexity index is 1270. The predicted octanol–water partition coefficient (Wildman–Crippen LogP) is 3.50. The average molecular weight is 570 g/mol. The van der Waals surface area contributed by atoms with E-state index < -0.39 is 47.1 Å². The van der Waals surface area contributed by atoms with Crippen LogP contribution in [0.4, 0.5) is 18.4 Å². The Morgan fingerprint density at radius 2 is 1.90 bits per heavy atom. The lowest BCUT2D eigenvalue weighted by Gasteiger charge is -2.42. The smallest absolute Gasteiger partial charge is 0.326 e. The SMILES string of the molecule is COOCC1C(C=O)NC(=O)N(C(=O)NCCNC2CCC(C#N)(c3ccccc3)CC2)C1c1ccc(F)c(F)c1. The first-order chi connectivity index (χ1) is 19.8. The van der Waals surface area contributed by atoms with Crippen molar-refractivity contribution < 1.29 is 32.9 Å². The van der Waals surface area contributed by atoms with Crippen LogP contribution in [0.2, 0.25) is 0 Å². The van der Waals surface area contributed by atoms with E-state index in [1.54, 1.807) is 0 Å². The van der Waals surface area contributed by atoms with Gasteiger partial charge in [0, 0.05) is 25.0 Å².